The zero-order chi connectivity index (χ0) is 25.8. The molecule has 9 nitrogen and oxygen atoms in total. The Balaban J connectivity index is 1.17. The summed E-state index contributed by atoms with van der Waals surface area (Å²) in [5.74, 6) is -1.47. The number of halogens is 3. The highest BCUT2D eigenvalue weighted by atomic mass is 19.3. The lowest BCUT2D eigenvalue weighted by Gasteiger charge is -2.33. The van der Waals surface area contributed by atoms with Crippen LogP contribution in [0.5, 0.6) is 0 Å². The van der Waals surface area contributed by atoms with Crippen LogP contribution < -0.4 is 16.0 Å². The summed E-state index contributed by atoms with van der Waals surface area (Å²) in [7, 11) is 1.72. The van der Waals surface area contributed by atoms with E-state index >= 15 is 0 Å². The maximum atomic E-state index is 14.8. The average molecular weight is 508 g/mol. The van der Waals surface area contributed by atoms with E-state index in [-0.39, 0.29) is 12.4 Å². The van der Waals surface area contributed by atoms with Crippen LogP contribution in [0.3, 0.4) is 0 Å². The molecule has 2 aliphatic rings. The van der Waals surface area contributed by atoms with Crippen molar-refractivity contribution in [3.05, 3.63) is 54.6 Å². The van der Waals surface area contributed by atoms with E-state index in [0.717, 1.165) is 6.42 Å². The van der Waals surface area contributed by atoms with Crippen LogP contribution in [0.25, 0.3) is 22.6 Å². The number of aromatic nitrogens is 6. The SMILES string of the molecule is Cn1nc(-c2ccc(N3CCCC4(C3)CC4(F)F)nc2)nc1Nc1ccc(-c2ccnc(N)n2)c(F)c1. The normalized spacial score (nSPS) is 20.3. The van der Waals surface area contributed by atoms with Gasteiger partial charge in [0.2, 0.25) is 11.9 Å². The number of alkyl halides is 2. The van der Waals surface area contributed by atoms with Gasteiger partial charge in [0.1, 0.15) is 11.6 Å². The van der Waals surface area contributed by atoms with Crippen molar-refractivity contribution in [2.75, 3.05) is 29.0 Å². The lowest BCUT2D eigenvalue weighted by atomic mass is 9.94. The number of nitrogens with two attached hydrogens (primary N) is 1. The highest BCUT2D eigenvalue weighted by molar-refractivity contribution is 5.66. The largest absolute Gasteiger partial charge is 0.368 e. The summed E-state index contributed by atoms with van der Waals surface area (Å²) in [6.45, 7) is 1.03. The zero-order valence-corrected chi connectivity index (χ0v) is 20.0. The lowest BCUT2D eigenvalue weighted by Crippen LogP contribution is -2.39. The van der Waals surface area contributed by atoms with Gasteiger partial charge in [-0.15, -0.1) is 5.10 Å². The van der Waals surface area contributed by atoms with Crippen LogP contribution in [0.4, 0.5) is 36.6 Å². The quantitative estimate of drug-likeness (QED) is 0.408. The first-order valence-corrected chi connectivity index (χ1v) is 11.9. The molecule has 0 bridgehead atoms. The maximum Gasteiger partial charge on any atom is 0.256 e. The molecule has 6 rings (SSSR count). The van der Waals surface area contributed by atoms with Crippen molar-refractivity contribution in [2.45, 2.75) is 25.2 Å². The minimum Gasteiger partial charge on any atom is -0.368 e. The van der Waals surface area contributed by atoms with Gasteiger partial charge in [0.25, 0.3) is 5.92 Å². The molecular formula is C25H24F3N9. The number of aryl methyl sites for hydroxylation is 1. The molecule has 4 aromatic rings. The molecule has 0 radical (unpaired) electrons. The molecule has 1 saturated carbocycles. The molecule has 3 aromatic heterocycles. The van der Waals surface area contributed by atoms with E-state index in [1.807, 2.05) is 17.0 Å². The smallest absolute Gasteiger partial charge is 0.256 e. The molecule has 1 spiro atoms. The number of rotatable bonds is 5. The van der Waals surface area contributed by atoms with Crippen molar-refractivity contribution in [2.24, 2.45) is 12.5 Å². The van der Waals surface area contributed by atoms with Crippen LogP contribution in [0.15, 0.2) is 48.8 Å². The molecule has 1 aliphatic heterocycles. The van der Waals surface area contributed by atoms with Crippen LogP contribution in [0.2, 0.25) is 0 Å². The van der Waals surface area contributed by atoms with E-state index in [9.17, 15) is 13.2 Å². The Morgan fingerprint density at radius 1 is 1.08 bits per heavy atom. The van der Waals surface area contributed by atoms with Gasteiger partial charge in [-0.2, -0.15) is 4.98 Å². The highest BCUT2D eigenvalue weighted by Gasteiger charge is 2.71. The van der Waals surface area contributed by atoms with Crippen LogP contribution in [0.1, 0.15) is 19.3 Å². The van der Waals surface area contributed by atoms with Crippen molar-refractivity contribution in [1.29, 1.82) is 0 Å². The Hall–Kier alpha value is -4.22. The standard InChI is InChI=1S/C25H24F3N9/c1-36-23(32-16-4-5-17(18(26)11-16)19-7-9-30-22(29)33-19)34-21(35-36)15-3-6-20(31-12-15)37-10-2-8-24(14-37)13-25(24,27)28/h3-7,9,11-12H,2,8,10,13-14H2,1H3,(H2,29,30,33)(H,32,34,35). The van der Waals surface area contributed by atoms with Crippen LogP contribution in [-0.4, -0.2) is 48.7 Å². The summed E-state index contributed by atoms with van der Waals surface area (Å²) < 4.78 is 44.1. The second-order valence-electron chi connectivity index (χ2n) is 9.59. The molecule has 1 aromatic carbocycles. The Morgan fingerprint density at radius 2 is 1.92 bits per heavy atom. The summed E-state index contributed by atoms with van der Waals surface area (Å²) in [4.78, 5) is 18.8. The molecule has 4 heterocycles. The number of pyridine rings is 1. The summed E-state index contributed by atoms with van der Waals surface area (Å²) in [5.41, 5.74) is 6.56. The molecule has 190 valence electrons. The number of hydrogen-bond donors (Lipinski definition) is 2. The molecule has 1 aliphatic carbocycles. The van der Waals surface area contributed by atoms with Gasteiger partial charge in [-0.05, 0) is 49.2 Å². The van der Waals surface area contributed by atoms with Gasteiger partial charge >= 0.3 is 0 Å². The minimum absolute atomic E-state index is 0.0376. The fourth-order valence-corrected chi connectivity index (χ4v) is 4.93. The summed E-state index contributed by atoms with van der Waals surface area (Å²) >= 11 is 0. The van der Waals surface area contributed by atoms with Crippen molar-refractivity contribution in [3.63, 3.8) is 0 Å². The third kappa shape index (κ3) is 4.21. The molecule has 37 heavy (non-hydrogen) atoms. The van der Waals surface area contributed by atoms with Gasteiger partial charge in [0, 0.05) is 55.8 Å². The Morgan fingerprint density at radius 3 is 2.62 bits per heavy atom. The first-order valence-electron chi connectivity index (χ1n) is 11.9. The number of nitrogens with one attached hydrogen (secondary N) is 1. The van der Waals surface area contributed by atoms with Gasteiger partial charge in [0.05, 0.1) is 11.1 Å². The Bertz CT molecular complexity index is 1470. The van der Waals surface area contributed by atoms with Gasteiger partial charge in [0.15, 0.2) is 5.82 Å². The molecule has 1 atom stereocenters. The van der Waals surface area contributed by atoms with Gasteiger partial charge in [-0.25, -0.2) is 32.8 Å². The van der Waals surface area contributed by atoms with Crippen LogP contribution in [-0.2, 0) is 7.05 Å². The molecular weight excluding hydrogens is 483 g/mol. The summed E-state index contributed by atoms with van der Waals surface area (Å²) in [6, 6.07) is 9.87. The fraction of sp³-hybridized carbons (Fsp3) is 0.320. The first-order chi connectivity index (χ1) is 17.7. The predicted octanol–water partition coefficient (Wildman–Crippen LogP) is 4.42. The second-order valence-corrected chi connectivity index (χ2v) is 9.59. The number of hydrogen-bond acceptors (Lipinski definition) is 8. The van der Waals surface area contributed by atoms with Crippen molar-refractivity contribution in [3.8, 4) is 22.6 Å². The predicted molar refractivity (Wildman–Crippen MR) is 133 cm³/mol. The molecule has 1 saturated heterocycles. The molecule has 3 N–H and O–H groups in total. The number of anilines is 4. The third-order valence-corrected chi connectivity index (χ3v) is 7.06. The van der Waals surface area contributed by atoms with Gasteiger partial charge in [-0.1, -0.05) is 0 Å². The fourth-order valence-electron chi connectivity index (χ4n) is 4.93. The summed E-state index contributed by atoms with van der Waals surface area (Å²) in [5, 5.41) is 7.51. The molecule has 1 unspecified atom stereocenters. The molecule has 2 fully saturated rings. The van der Waals surface area contributed by atoms with E-state index in [1.165, 1.54) is 12.3 Å². The van der Waals surface area contributed by atoms with E-state index in [1.54, 1.807) is 36.1 Å². The van der Waals surface area contributed by atoms with Crippen molar-refractivity contribution >= 4 is 23.4 Å². The lowest BCUT2D eigenvalue weighted by molar-refractivity contribution is 0.0575. The topological polar surface area (TPSA) is 111 Å². The van der Waals surface area contributed by atoms with E-state index in [2.05, 4.69) is 30.4 Å². The number of piperidine rings is 1. The molecule has 0 amide bonds. The van der Waals surface area contributed by atoms with Crippen LogP contribution in [0, 0.1) is 11.2 Å². The monoisotopic (exact) mass is 507 g/mol. The van der Waals surface area contributed by atoms with Crippen molar-refractivity contribution in [1.82, 2.24) is 29.7 Å². The summed E-state index contributed by atoms with van der Waals surface area (Å²) in [6.07, 6.45) is 4.36. The maximum absolute atomic E-state index is 14.8. The Kier molecular flexibility index (Phi) is 5.28. The highest BCUT2D eigenvalue weighted by Crippen LogP contribution is 2.64. The minimum atomic E-state index is -2.57. The first kappa shape index (κ1) is 23.2. The van der Waals surface area contributed by atoms with Crippen LogP contribution >= 0.6 is 0 Å². The van der Waals surface area contributed by atoms with Crippen molar-refractivity contribution < 1.29 is 13.2 Å². The second kappa shape index (κ2) is 8.43. The van der Waals surface area contributed by atoms with E-state index in [0.29, 0.717) is 59.6 Å². The average Bonchev–Trinajstić information content (AvgIpc) is 3.19. The number of nitrogens with zero attached hydrogens (tertiary/aromatic N) is 7. The molecule has 12 heteroatoms. The van der Waals surface area contributed by atoms with Gasteiger partial charge < -0.3 is 16.0 Å². The zero-order valence-electron chi connectivity index (χ0n) is 20.0. The third-order valence-electron chi connectivity index (χ3n) is 7.06. The Labute approximate surface area is 210 Å². The van der Waals surface area contributed by atoms with E-state index in [4.69, 9.17) is 5.73 Å². The number of nitrogen functional groups attached to an aromatic ring is 1. The number of benzene rings is 1. The van der Waals surface area contributed by atoms with E-state index < -0.39 is 17.2 Å². The van der Waals surface area contributed by atoms with Gasteiger partial charge in [-0.3, -0.25) is 0 Å².